The number of imide groups is 1. The predicted octanol–water partition coefficient (Wildman–Crippen LogP) is 3.05. The summed E-state index contributed by atoms with van der Waals surface area (Å²) in [6.45, 7) is 2.33. The van der Waals surface area contributed by atoms with Crippen molar-refractivity contribution >= 4 is 29.4 Å². The molecule has 0 radical (unpaired) electrons. The molecule has 30 heavy (non-hydrogen) atoms. The maximum Gasteiger partial charge on any atom is 0.338 e. The van der Waals surface area contributed by atoms with Crippen LogP contribution in [0.15, 0.2) is 48.5 Å². The largest absolute Gasteiger partial charge is 0.452 e. The second kappa shape index (κ2) is 8.10. The minimum Gasteiger partial charge on any atom is -0.452 e. The minimum absolute atomic E-state index is 0.141. The number of benzene rings is 2. The van der Waals surface area contributed by atoms with Crippen molar-refractivity contribution < 1.29 is 23.9 Å². The van der Waals surface area contributed by atoms with Gasteiger partial charge in [-0.15, -0.1) is 0 Å². The second-order valence-electron chi connectivity index (χ2n) is 7.55. The van der Waals surface area contributed by atoms with E-state index in [9.17, 15) is 19.2 Å². The number of amides is 3. The minimum atomic E-state index is -0.675. The molecule has 2 aromatic carbocycles. The number of nitrogens with zero attached hydrogens (tertiary/aromatic N) is 2. The molecular weight excluding hydrogens is 384 g/mol. The van der Waals surface area contributed by atoms with Crippen LogP contribution in [-0.2, 0) is 9.53 Å². The molecule has 7 nitrogen and oxygen atoms in total. The van der Waals surface area contributed by atoms with Gasteiger partial charge in [-0.05, 0) is 56.5 Å². The van der Waals surface area contributed by atoms with E-state index in [4.69, 9.17) is 4.74 Å². The van der Waals surface area contributed by atoms with Gasteiger partial charge in [0.05, 0.1) is 22.4 Å². The third-order valence-corrected chi connectivity index (χ3v) is 5.58. The zero-order valence-corrected chi connectivity index (χ0v) is 16.7. The van der Waals surface area contributed by atoms with E-state index < -0.39 is 17.8 Å². The summed E-state index contributed by atoms with van der Waals surface area (Å²) < 4.78 is 5.21. The molecular formula is C23H22N2O5. The SMILES string of the molecule is C[C@H]1CCCCN1C(=O)COC(=O)c1cccc(N2C(=O)c3ccccc3C2=O)c1. The Hall–Kier alpha value is -3.48. The van der Waals surface area contributed by atoms with Crippen LogP contribution < -0.4 is 4.90 Å². The van der Waals surface area contributed by atoms with Gasteiger partial charge in [-0.25, -0.2) is 9.69 Å². The topological polar surface area (TPSA) is 84.0 Å². The fraction of sp³-hybridized carbons (Fsp3) is 0.304. The van der Waals surface area contributed by atoms with Crippen LogP contribution in [0.5, 0.6) is 0 Å². The monoisotopic (exact) mass is 406 g/mol. The molecule has 0 unspecified atom stereocenters. The third kappa shape index (κ3) is 3.58. The first-order chi connectivity index (χ1) is 14.5. The zero-order chi connectivity index (χ0) is 21.3. The molecule has 7 heteroatoms. The number of hydrogen-bond donors (Lipinski definition) is 0. The fourth-order valence-corrected chi connectivity index (χ4v) is 3.96. The first kappa shape index (κ1) is 19.8. The maximum atomic E-state index is 12.6. The van der Waals surface area contributed by atoms with Crippen LogP contribution in [0.2, 0.25) is 0 Å². The lowest BCUT2D eigenvalue weighted by atomic mass is 10.0. The van der Waals surface area contributed by atoms with E-state index >= 15 is 0 Å². The average molecular weight is 406 g/mol. The molecule has 1 saturated heterocycles. The van der Waals surface area contributed by atoms with Gasteiger partial charge in [0.15, 0.2) is 6.61 Å². The van der Waals surface area contributed by atoms with Crippen LogP contribution in [0.25, 0.3) is 0 Å². The molecule has 0 aromatic heterocycles. The molecule has 2 aliphatic rings. The van der Waals surface area contributed by atoms with E-state index in [1.165, 1.54) is 12.1 Å². The number of ether oxygens (including phenoxy) is 1. The van der Waals surface area contributed by atoms with Crippen LogP contribution >= 0.6 is 0 Å². The highest BCUT2D eigenvalue weighted by molar-refractivity contribution is 6.34. The van der Waals surface area contributed by atoms with Gasteiger partial charge < -0.3 is 9.64 Å². The summed E-state index contributed by atoms with van der Waals surface area (Å²) in [5.41, 5.74) is 1.11. The van der Waals surface area contributed by atoms with Gasteiger partial charge in [-0.3, -0.25) is 14.4 Å². The molecule has 154 valence electrons. The smallest absolute Gasteiger partial charge is 0.338 e. The first-order valence-corrected chi connectivity index (χ1v) is 10.0. The molecule has 0 bridgehead atoms. The third-order valence-electron chi connectivity index (χ3n) is 5.58. The Labute approximate surface area is 174 Å². The summed E-state index contributed by atoms with van der Waals surface area (Å²) >= 11 is 0. The number of hydrogen-bond acceptors (Lipinski definition) is 5. The van der Waals surface area contributed by atoms with Crippen molar-refractivity contribution in [2.24, 2.45) is 0 Å². The lowest BCUT2D eigenvalue weighted by molar-refractivity contribution is -0.137. The van der Waals surface area contributed by atoms with Crippen LogP contribution in [0.3, 0.4) is 0 Å². The Morgan fingerprint density at radius 1 is 1.00 bits per heavy atom. The molecule has 2 aliphatic heterocycles. The summed E-state index contributed by atoms with van der Waals surface area (Å²) in [6.07, 6.45) is 2.99. The number of piperidine rings is 1. The Bertz CT molecular complexity index is 997. The molecule has 2 heterocycles. The van der Waals surface area contributed by atoms with Gasteiger partial charge in [0.2, 0.25) is 0 Å². The van der Waals surface area contributed by atoms with Gasteiger partial charge in [-0.2, -0.15) is 0 Å². The van der Waals surface area contributed by atoms with Crippen molar-refractivity contribution in [3.8, 4) is 0 Å². The average Bonchev–Trinajstić information content (AvgIpc) is 3.02. The molecule has 1 atom stereocenters. The van der Waals surface area contributed by atoms with E-state index in [1.807, 2.05) is 6.92 Å². The van der Waals surface area contributed by atoms with Gasteiger partial charge in [0, 0.05) is 12.6 Å². The molecule has 0 spiro atoms. The van der Waals surface area contributed by atoms with Crippen LogP contribution in [0.1, 0.15) is 57.3 Å². The van der Waals surface area contributed by atoms with E-state index in [-0.39, 0.29) is 29.8 Å². The van der Waals surface area contributed by atoms with Gasteiger partial charge in [0.1, 0.15) is 0 Å². The number of fused-ring (bicyclic) bond motifs is 1. The number of carbonyl (C=O) groups is 4. The highest BCUT2D eigenvalue weighted by Crippen LogP contribution is 2.28. The lowest BCUT2D eigenvalue weighted by Gasteiger charge is -2.33. The number of esters is 1. The number of anilines is 1. The summed E-state index contributed by atoms with van der Waals surface area (Å²) in [5, 5.41) is 0. The van der Waals surface area contributed by atoms with E-state index in [2.05, 4.69) is 0 Å². The highest BCUT2D eigenvalue weighted by Gasteiger charge is 2.36. The zero-order valence-electron chi connectivity index (χ0n) is 16.7. The van der Waals surface area contributed by atoms with Gasteiger partial charge in [-0.1, -0.05) is 18.2 Å². The number of carbonyl (C=O) groups excluding carboxylic acids is 4. The second-order valence-corrected chi connectivity index (χ2v) is 7.55. The van der Waals surface area contributed by atoms with Gasteiger partial charge >= 0.3 is 5.97 Å². The van der Waals surface area contributed by atoms with Crippen molar-refractivity contribution in [2.45, 2.75) is 32.2 Å². The van der Waals surface area contributed by atoms with Gasteiger partial charge in [0.25, 0.3) is 17.7 Å². The summed E-state index contributed by atoms with van der Waals surface area (Å²) in [5.74, 6) is -1.76. The number of likely N-dealkylation sites (tertiary alicyclic amines) is 1. The molecule has 0 saturated carbocycles. The van der Waals surface area contributed by atoms with Crippen molar-refractivity contribution in [2.75, 3.05) is 18.1 Å². The maximum absolute atomic E-state index is 12.6. The molecule has 0 aliphatic carbocycles. The highest BCUT2D eigenvalue weighted by atomic mass is 16.5. The fourth-order valence-electron chi connectivity index (χ4n) is 3.96. The summed E-state index contributed by atoms with van der Waals surface area (Å²) in [7, 11) is 0. The van der Waals surface area contributed by atoms with E-state index in [1.54, 1.807) is 41.3 Å². The van der Waals surface area contributed by atoms with Crippen molar-refractivity contribution in [3.05, 3.63) is 65.2 Å². The van der Waals surface area contributed by atoms with E-state index in [0.29, 0.717) is 17.7 Å². The number of rotatable bonds is 4. The van der Waals surface area contributed by atoms with Crippen molar-refractivity contribution in [1.29, 1.82) is 0 Å². The Morgan fingerprint density at radius 2 is 1.70 bits per heavy atom. The van der Waals surface area contributed by atoms with Crippen LogP contribution in [0, 0.1) is 0 Å². The van der Waals surface area contributed by atoms with Crippen molar-refractivity contribution in [1.82, 2.24) is 4.90 Å². The predicted molar refractivity (Wildman–Crippen MR) is 109 cm³/mol. The molecule has 2 aromatic rings. The van der Waals surface area contributed by atoms with Crippen molar-refractivity contribution in [3.63, 3.8) is 0 Å². The molecule has 3 amide bonds. The van der Waals surface area contributed by atoms with Crippen LogP contribution in [-0.4, -0.2) is 47.8 Å². The molecule has 0 N–H and O–H groups in total. The lowest BCUT2D eigenvalue weighted by Crippen LogP contribution is -2.44. The summed E-state index contributed by atoms with van der Waals surface area (Å²) in [6, 6.07) is 12.8. The van der Waals surface area contributed by atoms with Crippen LogP contribution in [0.4, 0.5) is 5.69 Å². The quantitative estimate of drug-likeness (QED) is 0.576. The Morgan fingerprint density at radius 3 is 2.37 bits per heavy atom. The standard InChI is InChI=1S/C23H22N2O5/c1-15-7-4-5-12-24(15)20(26)14-30-23(29)16-8-6-9-17(13-16)25-21(27)18-10-2-3-11-19(18)22(25)28/h2-3,6,8-11,13,15H,4-5,7,12,14H2,1H3/t15-/m0/s1. The Balaban J connectivity index is 1.46. The van der Waals surface area contributed by atoms with E-state index in [0.717, 1.165) is 24.2 Å². The Kier molecular flexibility index (Phi) is 5.35. The molecule has 1 fully saturated rings. The normalized spacial score (nSPS) is 18.4. The summed E-state index contributed by atoms with van der Waals surface area (Å²) in [4.78, 5) is 52.9. The molecule has 4 rings (SSSR count). The first-order valence-electron chi connectivity index (χ1n) is 10.0.